The molecule has 6 rings (SSSR count). The molecule has 9 heteroatoms. The number of carbonyl (C=O) groups is 3. The molecule has 0 saturated carbocycles. The number of aromatic nitrogens is 1. The van der Waals surface area contributed by atoms with E-state index in [0.717, 1.165) is 44.3 Å². The van der Waals surface area contributed by atoms with Gasteiger partial charge < -0.3 is 30.2 Å². The molecule has 1 aliphatic carbocycles. The standard InChI is InChI=1S/C38H37N3O6/c1-46-35(42)34(21-26-23-40-33-18-10-9-13-27(26)33)39-20-19-38(36(43)44,22-25-11-3-2-4-12-25)41-37(45)47-24-32-30-16-7-5-14-28(30)29-15-6-8-17-31(29)32/h2-18,23,32,34,39-40H,19-22,24H2,1H3,(H,41,45)(H,43,44)/t34-,38+/m0/s1. The van der Waals surface area contributed by atoms with Crippen molar-refractivity contribution in [2.45, 2.75) is 36.8 Å². The molecule has 47 heavy (non-hydrogen) atoms. The fourth-order valence-corrected chi connectivity index (χ4v) is 6.57. The van der Waals surface area contributed by atoms with Gasteiger partial charge in [0.15, 0.2) is 0 Å². The lowest BCUT2D eigenvalue weighted by molar-refractivity contribution is -0.145. The number of hydrogen-bond donors (Lipinski definition) is 4. The lowest BCUT2D eigenvalue weighted by Crippen LogP contribution is -2.58. The normalized spacial score (nSPS) is 14.1. The zero-order chi connectivity index (χ0) is 32.8. The number of esters is 1. The van der Waals surface area contributed by atoms with Crippen molar-refractivity contribution >= 4 is 28.9 Å². The first-order chi connectivity index (χ1) is 22.9. The first kappa shape index (κ1) is 31.6. The van der Waals surface area contributed by atoms with Crippen LogP contribution in [0.4, 0.5) is 4.79 Å². The second-order valence-corrected chi connectivity index (χ2v) is 11.8. The van der Waals surface area contributed by atoms with Crippen molar-refractivity contribution in [1.82, 2.24) is 15.6 Å². The minimum absolute atomic E-state index is 0.0143. The van der Waals surface area contributed by atoms with E-state index in [1.807, 2.05) is 97.2 Å². The number of aliphatic carboxylic acids is 1. The van der Waals surface area contributed by atoms with Crippen LogP contribution >= 0.6 is 0 Å². The van der Waals surface area contributed by atoms with Gasteiger partial charge in [0.25, 0.3) is 0 Å². The molecule has 0 saturated heterocycles. The average Bonchev–Trinajstić information content (AvgIpc) is 3.65. The maximum Gasteiger partial charge on any atom is 0.408 e. The molecule has 9 nitrogen and oxygen atoms in total. The third-order valence-corrected chi connectivity index (χ3v) is 8.97. The van der Waals surface area contributed by atoms with Crippen LogP contribution in [0.25, 0.3) is 22.0 Å². The van der Waals surface area contributed by atoms with Gasteiger partial charge in [-0.3, -0.25) is 4.79 Å². The summed E-state index contributed by atoms with van der Waals surface area (Å²) in [5, 5.41) is 17.5. The number of ether oxygens (including phenoxy) is 2. The number of nitrogens with one attached hydrogen (secondary N) is 3. The van der Waals surface area contributed by atoms with Gasteiger partial charge >= 0.3 is 18.0 Å². The molecule has 0 bridgehead atoms. The lowest BCUT2D eigenvalue weighted by Gasteiger charge is -2.31. The van der Waals surface area contributed by atoms with Crippen molar-refractivity contribution in [2.24, 2.45) is 0 Å². The predicted molar refractivity (Wildman–Crippen MR) is 179 cm³/mol. The molecule has 4 aromatic carbocycles. The van der Waals surface area contributed by atoms with E-state index in [1.165, 1.54) is 7.11 Å². The Labute approximate surface area is 272 Å². The summed E-state index contributed by atoms with van der Waals surface area (Å²) in [6.07, 6.45) is 1.35. The number of H-pyrrole nitrogens is 1. The number of alkyl carbamates (subject to hydrolysis) is 1. The van der Waals surface area contributed by atoms with Crippen molar-refractivity contribution in [3.05, 3.63) is 132 Å². The third-order valence-electron chi connectivity index (χ3n) is 8.97. The van der Waals surface area contributed by atoms with Gasteiger partial charge in [0.05, 0.1) is 7.11 Å². The number of amides is 1. The highest BCUT2D eigenvalue weighted by Gasteiger charge is 2.41. The van der Waals surface area contributed by atoms with E-state index in [-0.39, 0.29) is 31.9 Å². The zero-order valence-electron chi connectivity index (χ0n) is 26.1. The van der Waals surface area contributed by atoms with Gasteiger partial charge in [0.1, 0.15) is 18.2 Å². The molecule has 1 heterocycles. The molecular weight excluding hydrogens is 594 g/mol. The fraction of sp³-hybridized carbons (Fsp3) is 0.237. The van der Waals surface area contributed by atoms with Gasteiger partial charge in [-0.25, -0.2) is 9.59 Å². The van der Waals surface area contributed by atoms with Crippen molar-refractivity contribution in [2.75, 3.05) is 20.3 Å². The number of para-hydroxylation sites is 1. The van der Waals surface area contributed by atoms with Crippen LogP contribution in [0.15, 0.2) is 109 Å². The summed E-state index contributed by atoms with van der Waals surface area (Å²) in [5.74, 6) is -1.85. The van der Waals surface area contributed by atoms with Crippen molar-refractivity contribution < 1.29 is 29.0 Å². The molecule has 1 aromatic heterocycles. The molecule has 0 fully saturated rings. The van der Waals surface area contributed by atoms with Crippen molar-refractivity contribution in [3.8, 4) is 11.1 Å². The van der Waals surface area contributed by atoms with Gasteiger partial charge in [0, 0.05) is 35.9 Å². The number of carboxylic acids is 1. The van der Waals surface area contributed by atoms with E-state index in [4.69, 9.17) is 9.47 Å². The van der Waals surface area contributed by atoms with E-state index >= 15 is 0 Å². The molecule has 0 spiro atoms. The van der Waals surface area contributed by atoms with Crippen LogP contribution in [0.1, 0.15) is 34.6 Å². The van der Waals surface area contributed by atoms with Crippen LogP contribution in [-0.2, 0) is 31.9 Å². The summed E-state index contributed by atoms with van der Waals surface area (Å²) in [7, 11) is 1.32. The second-order valence-electron chi connectivity index (χ2n) is 11.8. The maximum absolute atomic E-state index is 13.4. The zero-order valence-corrected chi connectivity index (χ0v) is 26.1. The van der Waals surface area contributed by atoms with Crippen LogP contribution in [-0.4, -0.2) is 60.0 Å². The largest absolute Gasteiger partial charge is 0.479 e. The van der Waals surface area contributed by atoms with E-state index in [2.05, 4.69) is 27.8 Å². The van der Waals surface area contributed by atoms with E-state index in [1.54, 1.807) is 0 Å². The molecule has 240 valence electrons. The monoisotopic (exact) mass is 631 g/mol. The van der Waals surface area contributed by atoms with Crippen molar-refractivity contribution in [3.63, 3.8) is 0 Å². The summed E-state index contributed by atoms with van der Waals surface area (Å²) in [4.78, 5) is 42.5. The number of carboxylic acid groups (broad SMARTS) is 1. The molecular formula is C38H37N3O6. The Morgan fingerprint density at radius 3 is 2.19 bits per heavy atom. The topological polar surface area (TPSA) is 130 Å². The quantitative estimate of drug-likeness (QED) is 0.120. The maximum atomic E-state index is 13.4. The molecule has 5 aromatic rings. The Kier molecular flexibility index (Phi) is 9.35. The number of benzene rings is 4. The smallest absolute Gasteiger partial charge is 0.408 e. The van der Waals surface area contributed by atoms with Gasteiger partial charge in [-0.1, -0.05) is 97.1 Å². The van der Waals surface area contributed by atoms with E-state index in [9.17, 15) is 19.5 Å². The number of carbonyl (C=O) groups excluding carboxylic acids is 2. The highest BCUT2D eigenvalue weighted by Crippen LogP contribution is 2.44. The second kappa shape index (κ2) is 13.9. The summed E-state index contributed by atoms with van der Waals surface area (Å²) < 4.78 is 10.8. The molecule has 4 N–H and O–H groups in total. The highest BCUT2D eigenvalue weighted by atomic mass is 16.5. The van der Waals surface area contributed by atoms with E-state index in [0.29, 0.717) is 6.42 Å². The van der Waals surface area contributed by atoms with Gasteiger partial charge in [0.2, 0.25) is 0 Å². The van der Waals surface area contributed by atoms with Gasteiger partial charge in [-0.05, 0) is 52.4 Å². The number of hydrogen-bond acceptors (Lipinski definition) is 6. The van der Waals surface area contributed by atoms with Crippen LogP contribution in [0.2, 0.25) is 0 Å². The Hall–Kier alpha value is -5.41. The first-order valence-corrected chi connectivity index (χ1v) is 15.7. The summed E-state index contributed by atoms with van der Waals surface area (Å²) in [6.45, 7) is 0.152. The number of aromatic amines is 1. The molecule has 2 atom stereocenters. The molecule has 1 aliphatic rings. The average molecular weight is 632 g/mol. The van der Waals surface area contributed by atoms with Gasteiger partial charge in [-0.15, -0.1) is 0 Å². The highest BCUT2D eigenvalue weighted by molar-refractivity contribution is 5.86. The van der Waals surface area contributed by atoms with E-state index < -0.39 is 29.6 Å². The Bertz CT molecular complexity index is 1840. The molecule has 0 radical (unpaired) electrons. The number of rotatable bonds is 13. The summed E-state index contributed by atoms with van der Waals surface area (Å²) in [6, 6.07) is 32.2. The third kappa shape index (κ3) is 6.76. The minimum Gasteiger partial charge on any atom is -0.479 e. The molecule has 0 aliphatic heterocycles. The molecule has 0 unspecified atom stereocenters. The fourth-order valence-electron chi connectivity index (χ4n) is 6.57. The predicted octanol–water partition coefficient (Wildman–Crippen LogP) is 5.84. The van der Waals surface area contributed by atoms with Crippen molar-refractivity contribution in [1.29, 1.82) is 0 Å². The number of methoxy groups -OCH3 is 1. The summed E-state index contributed by atoms with van der Waals surface area (Å²) in [5.41, 5.74) is 5.20. The SMILES string of the molecule is COC(=O)[C@H](Cc1c[nH]c2ccccc12)NCC[C@](Cc1ccccc1)(NC(=O)OCC1c2ccccc2-c2ccccc21)C(=O)O. The Balaban J connectivity index is 1.18. The molecule has 1 amide bonds. The van der Waals surface area contributed by atoms with Gasteiger partial charge in [-0.2, -0.15) is 0 Å². The van der Waals surface area contributed by atoms with Crippen LogP contribution in [0.5, 0.6) is 0 Å². The van der Waals surface area contributed by atoms with Crippen LogP contribution < -0.4 is 10.6 Å². The van der Waals surface area contributed by atoms with Crippen LogP contribution in [0.3, 0.4) is 0 Å². The number of fused-ring (bicyclic) bond motifs is 4. The summed E-state index contributed by atoms with van der Waals surface area (Å²) >= 11 is 0. The lowest BCUT2D eigenvalue weighted by atomic mass is 9.87. The van der Waals surface area contributed by atoms with Crippen LogP contribution in [0, 0.1) is 0 Å². The Morgan fingerprint density at radius 2 is 1.51 bits per heavy atom. The first-order valence-electron chi connectivity index (χ1n) is 15.7. The Morgan fingerprint density at radius 1 is 0.872 bits per heavy atom. The minimum atomic E-state index is -1.72.